The lowest BCUT2D eigenvalue weighted by Crippen LogP contribution is -2.40. The van der Waals surface area contributed by atoms with Gasteiger partial charge in [0.05, 0.1) is 13.2 Å². The monoisotopic (exact) mass is 438 g/mol. The van der Waals surface area contributed by atoms with E-state index in [2.05, 4.69) is 47.1 Å². The van der Waals surface area contributed by atoms with Crippen molar-refractivity contribution in [2.75, 3.05) is 39.9 Å². The fourth-order valence-corrected chi connectivity index (χ4v) is 5.09. The van der Waals surface area contributed by atoms with Gasteiger partial charge < -0.3 is 14.6 Å². The van der Waals surface area contributed by atoms with Crippen LogP contribution in [-0.4, -0.2) is 60.9 Å². The highest BCUT2D eigenvalue weighted by atomic mass is 16.5. The maximum atomic E-state index is 10.2. The van der Waals surface area contributed by atoms with Crippen molar-refractivity contribution < 1.29 is 14.6 Å². The summed E-state index contributed by atoms with van der Waals surface area (Å²) >= 11 is 0. The molecule has 0 saturated carbocycles. The molecule has 0 bridgehead atoms. The van der Waals surface area contributed by atoms with E-state index in [1.54, 1.807) is 7.11 Å². The van der Waals surface area contributed by atoms with Crippen LogP contribution in [-0.2, 0) is 17.8 Å². The molecule has 1 N–H and O–H groups in total. The van der Waals surface area contributed by atoms with Crippen molar-refractivity contribution in [3.63, 3.8) is 0 Å². The molecule has 2 fully saturated rings. The number of rotatable bonds is 9. The van der Waals surface area contributed by atoms with Gasteiger partial charge in [-0.1, -0.05) is 30.3 Å². The Balaban J connectivity index is 1.33. The van der Waals surface area contributed by atoms with E-state index in [0.29, 0.717) is 17.8 Å². The van der Waals surface area contributed by atoms with Gasteiger partial charge in [0.2, 0.25) is 0 Å². The Morgan fingerprint density at radius 1 is 1.09 bits per heavy atom. The molecule has 2 aliphatic rings. The van der Waals surface area contributed by atoms with Crippen LogP contribution in [0.25, 0.3) is 0 Å². The minimum absolute atomic E-state index is 0.214. The SMILES string of the molecule is COc1ccc(CN(CC2CCN(Cc3ccccc3C)CC2)C[C@@H]2CCCO2)cc1O. The van der Waals surface area contributed by atoms with Crippen LogP contribution in [0.4, 0.5) is 0 Å². The van der Waals surface area contributed by atoms with Crippen molar-refractivity contribution >= 4 is 0 Å². The molecule has 5 heteroatoms. The molecule has 5 nitrogen and oxygen atoms in total. The fraction of sp³-hybridized carbons (Fsp3) is 0.556. The van der Waals surface area contributed by atoms with E-state index in [-0.39, 0.29) is 5.75 Å². The third-order valence-corrected chi connectivity index (χ3v) is 7.01. The molecule has 1 atom stereocenters. The number of phenols is 1. The molecule has 2 heterocycles. The Hall–Kier alpha value is -2.08. The first-order chi connectivity index (χ1) is 15.6. The highest BCUT2D eigenvalue weighted by Crippen LogP contribution is 2.28. The molecule has 0 spiro atoms. The molecular formula is C27H38N2O3. The van der Waals surface area contributed by atoms with Gasteiger partial charge in [-0.25, -0.2) is 0 Å². The van der Waals surface area contributed by atoms with Crippen LogP contribution in [0.2, 0.25) is 0 Å². The zero-order chi connectivity index (χ0) is 22.3. The lowest BCUT2D eigenvalue weighted by atomic mass is 9.95. The first-order valence-corrected chi connectivity index (χ1v) is 12.1. The Morgan fingerprint density at radius 2 is 1.91 bits per heavy atom. The normalized spacial score (nSPS) is 20.2. The van der Waals surface area contributed by atoms with Crippen LogP contribution in [0.15, 0.2) is 42.5 Å². The van der Waals surface area contributed by atoms with Crippen molar-refractivity contribution in [3.8, 4) is 11.5 Å². The Labute approximate surface area is 192 Å². The van der Waals surface area contributed by atoms with Crippen molar-refractivity contribution in [1.82, 2.24) is 9.80 Å². The number of piperidine rings is 1. The zero-order valence-electron chi connectivity index (χ0n) is 19.6. The molecule has 32 heavy (non-hydrogen) atoms. The number of hydrogen-bond donors (Lipinski definition) is 1. The van der Waals surface area contributed by atoms with Gasteiger partial charge in [-0.15, -0.1) is 0 Å². The molecular weight excluding hydrogens is 400 g/mol. The number of phenolic OH excluding ortho intramolecular Hbond substituents is 1. The number of methoxy groups -OCH3 is 1. The minimum Gasteiger partial charge on any atom is -0.504 e. The van der Waals surface area contributed by atoms with E-state index in [9.17, 15) is 5.11 Å². The van der Waals surface area contributed by atoms with Crippen molar-refractivity contribution in [3.05, 3.63) is 59.2 Å². The summed E-state index contributed by atoms with van der Waals surface area (Å²) < 4.78 is 11.2. The third kappa shape index (κ3) is 6.25. The Kier molecular flexibility index (Phi) is 8.06. The number of benzene rings is 2. The summed E-state index contributed by atoms with van der Waals surface area (Å²) in [6.45, 7) is 9.37. The van der Waals surface area contributed by atoms with Crippen LogP contribution >= 0.6 is 0 Å². The molecule has 0 aromatic heterocycles. The zero-order valence-corrected chi connectivity index (χ0v) is 19.6. The second-order valence-electron chi connectivity index (χ2n) is 9.48. The standard InChI is InChI=1S/C27H38N2O3/c1-21-6-3-4-7-24(21)19-28-13-11-22(12-14-28)17-29(20-25-8-5-15-32-25)18-23-9-10-27(31-2)26(30)16-23/h3-4,6-7,9-10,16,22,25,30H,5,8,11-15,17-20H2,1-2H3/t25-/m0/s1. The lowest BCUT2D eigenvalue weighted by molar-refractivity contribution is 0.0570. The van der Waals surface area contributed by atoms with E-state index >= 15 is 0 Å². The summed E-state index contributed by atoms with van der Waals surface area (Å²) in [5.74, 6) is 1.45. The van der Waals surface area contributed by atoms with Gasteiger partial charge in [0.15, 0.2) is 11.5 Å². The summed E-state index contributed by atoms with van der Waals surface area (Å²) in [5.41, 5.74) is 3.96. The van der Waals surface area contributed by atoms with Crippen LogP contribution in [0.1, 0.15) is 42.4 Å². The maximum absolute atomic E-state index is 10.2. The van der Waals surface area contributed by atoms with Crippen molar-refractivity contribution in [2.45, 2.75) is 51.8 Å². The van der Waals surface area contributed by atoms with Gasteiger partial charge in [0, 0.05) is 32.8 Å². The molecule has 174 valence electrons. The van der Waals surface area contributed by atoms with E-state index < -0.39 is 0 Å². The largest absolute Gasteiger partial charge is 0.504 e. The average molecular weight is 439 g/mol. The lowest BCUT2D eigenvalue weighted by Gasteiger charge is -2.36. The predicted octanol–water partition coefficient (Wildman–Crippen LogP) is 4.60. The number of aromatic hydroxyl groups is 1. The van der Waals surface area contributed by atoms with E-state index in [0.717, 1.165) is 57.9 Å². The average Bonchev–Trinajstić information content (AvgIpc) is 3.30. The molecule has 0 amide bonds. The van der Waals surface area contributed by atoms with Gasteiger partial charge in [-0.3, -0.25) is 9.80 Å². The Bertz CT molecular complexity index is 858. The topological polar surface area (TPSA) is 45.2 Å². The van der Waals surface area contributed by atoms with Gasteiger partial charge in [0.1, 0.15) is 0 Å². The van der Waals surface area contributed by atoms with Gasteiger partial charge >= 0.3 is 0 Å². The van der Waals surface area contributed by atoms with Crippen LogP contribution in [0, 0.1) is 12.8 Å². The van der Waals surface area contributed by atoms with Gasteiger partial charge in [-0.05, 0) is 80.4 Å². The molecule has 4 rings (SSSR count). The van der Waals surface area contributed by atoms with Gasteiger partial charge in [0.25, 0.3) is 0 Å². The number of ether oxygens (including phenoxy) is 2. The van der Waals surface area contributed by atoms with E-state index in [4.69, 9.17) is 9.47 Å². The van der Waals surface area contributed by atoms with Crippen LogP contribution in [0.3, 0.4) is 0 Å². The van der Waals surface area contributed by atoms with E-state index in [1.807, 2.05) is 12.1 Å². The minimum atomic E-state index is 0.214. The summed E-state index contributed by atoms with van der Waals surface area (Å²) in [6, 6.07) is 14.5. The molecule has 2 aromatic carbocycles. The highest BCUT2D eigenvalue weighted by molar-refractivity contribution is 5.41. The number of hydrogen-bond acceptors (Lipinski definition) is 5. The highest BCUT2D eigenvalue weighted by Gasteiger charge is 2.25. The molecule has 2 aromatic rings. The fourth-order valence-electron chi connectivity index (χ4n) is 5.09. The number of likely N-dealkylation sites (tertiary alicyclic amines) is 1. The smallest absolute Gasteiger partial charge is 0.160 e. The van der Waals surface area contributed by atoms with Gasteiger partial charge in [-0.2, -0.15) is 0 Å². The molecule has 2 aliphatic heterocycles. The number of nitrogens with zero attached hydrogens (tertiary/aromatic N) is 2. The molecule has 0 radical (unpaired) electrons. The van der Waals surface area contributed by atoms with Crippen molar-refractivity contribution in [2.24, 2.45) is 5.92 Å². The first-order valence-electron chi connectivity index (χ1n) is 12.1. The van der Waals surface area contributed by atoms with E-state index in [1.165, 1.54) is 30.4 Å². The summed E-state index contributed by atoms with van der Waals surface area (Å²) in [4.78, 5) is 5.14. The Morgan fingerprint density at radius 3 is 2.59 bits per heavy atom. The van der Waals surface area contributed by atoms with Crippen molar-refractivity contribution in [1.29, 1.82) is 0 Å². The van der Waals surface area contributed by atoms with Crippen LogP contribution in [0.5, 0.6) is 11.5 Å². The summed E-state index contributed by atoms with van der Waals surface area (Å²) in [7, 11) is 1.59. The third-order valence-electron chi connectivity index (χ3n) is 7.01. The first kappa shape index (κ1) is 23.1. The summed E-state index contributed by atoms with van der Waals surface area (Å²) in [5, 5.41) is 10.2. The second-order valence-corrected chi connectivity index (χ2v) is 9.48. The number of aryl methyl sites for hydroxylation is 1. The molecule has 0 unspecified atom stereocenters. The molecule has 2 saturated heterocycles. The van der Waals surface area contributed by atoms with Crippen LogP contribution < -0.4 is 4.74 Å². The second kappa shape index (κ2) is 11.2. The predicted molar refractivity (Wildman–Crippen MR) is 128 cm³/mol. The summed E-state index contributed by atoms with van der Waals surface area (Å²) in [6.07, 6.45) is 5.13. The molecule has 0 aliphatic carbocycles. The quantitative estimate of drug-likeness (QED) is 0.620. The maximum Gasteiger partial charge on any atom is 0.160 e.